The maximum atomic E-state index is 13.1. The summed E-state index contributed by atoms with van der Waals surface area (Å²) in [6.45, 7) is 1.59. The highest BCUT2D eigenvalue weighted by molar-refractivity contribution is 7.92. The van der Waals surface area contributed by atoms with Crippen LogP contribution in [0, 0.1) is 0 Å². The van der Waals surface area contributed by atoms with Crippen molar-refractivity contribution < 1.29 is 22.7 Å². The Hall–Kier alpha value is -2.91. The van der Waals surface area contributed by atoms with Gasteiger partial charge in [0, 0.05) is 38.1 Å². The van der Waals surface area contributed by atoms with Crippen molar-refractivity contribution in [2.75, 3.05) is 31.5 Å². The molecular formula is C26H33N3O5S. The molecule has 1 saturated heterocycles. The van der Waals surface area contributed by atoms with E-state index in [0.29, 0.717) is 43.8 Å². The fourth-order valence-electron chi connectivity index (χ4n) is 4.77. The number of sulfonamides is 1. The van der Waals surface area contributed by atoms with Crippen molar-refractivity contribution in [3.8, 4) is 0 Å². The molecule has 2 aliphatic rings. The standard InChI is InChI=1S/C26H33N3O5S/c1-34-17-5-15-27-25(30)24-8-4-16-29(24)26(31)20-9-12-22(13-10-20)28-35(32,33)23-14-11-19-6-2-3-7-21(19)18-23/h9-14,18,24,28H,2-8,15-17H2,1H3,(H,27,30). The Morgan fingerprint density at radius 1 is 1.03 bits per heavy atom. The molecule has 0 bridgehead atoms. The lowest BCUT2D eigenvalue weighted by Gasteiger charge is -2.24. The summed E-state index contributed by atoms with van der Waals surface area (Å²) in [6.07, 6.45) is 6.21. The quantitative estimate of drug-likeness (QED) is 0.516. The lowest BCUT2D eigenvalue weighted by Crippen LogP contribution is -2.46. The number of rotatable bonds is 9. The van der Waals surface area contributed by atoms with Crippen LogP contribution in [-0.4, -0.2) is 58.0 Å². The first-order chi connectivity index (χ1) is 16.9. The molecule has 1 atom stereocenters. The molecule has 0 spiro atoms. The molecule has 0 saturated carbocycles. The molecule has 9 heteroatoms. The summed E-state index contributed by atoms with van der Waals surface area (Å²) in [4.78, 5) is 27.5. The second-order valence-electron chi connectivity index (χ2n) is 9.11. The highest BCUT2D eigenvalue weighted by Gasteiger charge is 2.34. The van der Waals surface area contributed by atoms with Gasteiger partial charge in [0.2, 0.25) is 5.91 Å². The molecule has 1 aliphatic heterocycles. The number of carbonyl (C=O) groups is 2. The fraction of sp³-hybridized carbons (Fsp3) is 0.462. The van der Waals surface area contributed by atoms with Crippen LogP contribution in [0.2, 0.25) is 0 Å². The van der Waals surface area contributed by atoms with Crippen LogP contribution in [0.3, 0.4) is 0 Å². The number of nitrogens with one attached hydrogen (secondary N) is 2. The number of benzene rings is 2. The van der Waals surface area contributed by atoms with E-state index in [1.54, 1.807) is 48.4 Å². The first-order valence-corrected chi connectivity index (χ1v) is 13.7. The largest absolute Gasteiger partial charge is 0.385 e. The van der Waals surface area contributed by atoms with Crippen LogP contribution >= 0.6 is 0 Å². The summed E-state index contributed by atoms with van der Waals surface area (Å²) in [6, 6.07) is 11.2. The lowest BCUT2D eigenvalue weighted by molar-refractivity contribution is -0.124. The third-order valence-corrected chi connectivity index (χ3v) is 8.03. The van der Waals surface area contributed by atoms with Crippen molar-refractivity contribution in [3.05, 3.63) is 59.2 Å². The molecule has 2 amide bonds. The Bertz CT molecular complexity index is 1160. The minimum Gasteiger partial charge on any atom is -0.385 e. The van der Waals surface area contributed by atoms with Crippen LogP contribution in [0.15, 0.2) is 47.4 Å². The maximum absolute atomic E-state index is 13.1. The molecule has 4 rings (SSSR count). The SMILES string of the molecule is COCCCNC(=O)C1CCCN1C(=O)c1ccc(NS(=O)(=O)c2ccc3c(c2)CCCC3)cc1. The van der Waals surface area contributed by atoms with Crippen molar-refractivity contribution in [2.24, 2.45) is 0 Å². The minimum atomic E-state index is -3.74. The van der Waals surface area contributed by atoms with Gasteiger partial charge < -0.3 is 15.0 Å². The monoisotopic (exact) mass is 499 g/mol. The molecule has 2 aromatic rings. The highest BCUT2D eigenvalue weighted by atomic mass is 32.2. The number of nitrogens with zero attached hydrogens (tertiary/aromatic N) is 1. The molecule has 2 aromatic carbocycles. The van der Waals surface area contributed by atoms with Crippen molar-refractivity contribution in [1.82, 2.24) is 10.2 Å². The zero-order valence-electron chi connectivity index (χ0n) is 20.1. The molecule has 8 nitrogen and oxygen atoms in total. The number of hydrogen-bond acceptors (Lipinski definition) is 5. The average molecular weight is 500 g/mol. The van der Waals surface area contributed by atoms with Gasteiger partial charge >= 0.3 is 0 Å². The van der Waals surface area contributed by atoms with Crippen LogP contribution in [-0.2, 0) is 32.4 Å². The number of fused-ring (bicyclic) bond motifs is 1. The summed E-state index contributed by atoms with van der Waals surface area (Å²) in [5.74, 6) is -0.384. The number of ether oxygens (including phenoxy) is 1. The first kappa shape index (κ1) is 25.2. The van der Waals surface area contributed by atoms with Crippen molar-refractivity contribution in [3.63, 3.8) is 0 Å². The molecule has 0 radical (unpaired) electrons. The maximum Gasteiger partial charge on any atom is 0.261 e. The molecule has 188 valence electrons. The Morgan fingerprint density at radius 2 is 1.77 bits per heavy atom. The van der Waals surface area contributed by atoms with Gasteiger partial charge in [0.25, 0.3) is 15.9 Å². The number of amides is 2. The molecular weight excluding hydrogens is 466 g/mol. The second kappa shape index (κ2) is 11.2. The highest BCUT2D eigenvalue weighted by Crippen LogP contribution is 2.26. The van der Waals surface area contributed by atoms with E-state index in [2.05, 4.69) is 10.0 Å². The predicted molar refractivity (Wildman–Crippen MR) is 134 cm³/mol. The molecule has 35 heavy (non-hydrogen) atoms. The number of carbonyl (C=O) groups excluding carboxylic acids is 2. The van der Waals surface area contributed by atoms with Gasteiger partial charge in [-0.2, -0.15) is 0 Å². The van der Waals surface area contributed by atoms with Gasteiger partial charge in [-0.05, 0) is 92.5 Å². The fourth-order valence-corrected chi connectivity index (χ4v) is 5.87. The normalized spacial score (nSPS) is 17.6. The van der Waals surface area contributed by atoms with Gasteiger partial charge in [-0.1, -0.05) is 6.07 Å². The van der Waals surface area contributed by atoms with E-state index in [-0.39, 0.29) is 16.7 Å². The van der Waals surface area contributed by atoms with Crippen molar-refractivity contribution in [1.29, 1.82) is 0 Å². The van der Waals surface area contributed by atoms with E-state index in [1.807, 2.05) is 6.07 Å². The molecule has 0 aromatic heterocycles. The van der Waals surface area contributed by atoms with Gasteiger partial charge in [0.05, 0.1) is 4.90 Å². The zero-order valence-corrected chi connectivity index (χ0v) is 20.9. The second-order valence-corrected chi connectivity index (χ2v) is 10.8. The van der Waals surface area contributed by atoms with Crippen LogP contribution in [0.4, 0.5) is 5.69 Å². The smallest absolute Gasteiger partial charge is 0.261 e. The third kappa shape index (κ3) is 6.02. The molecule has 1 heterocycles. The topological polar surface area (TPSA) is 105 Å². The van der Waals surface area contributed by atoms with Crippen LogP contribution in [0.25, 0.3) is 0 Å². The lowest BCUT2D eigenvalue weighted by atomic mass is 9.92. The van der Waals surface area contributed by atoms with Gasteiger partial charge in [0.1, 0.15) is 6.04 Å². The van der Waals surface area contributed by atoms with Gasteiger partial charge in [-0.3, -0.25) is 14.3 Å². The molecule has 1 unspecified atom stereocenters. The van der Waals surface area contributed by atoms with E-state index in [0.717, 1.165) is 37.7 Å². The summed E-state index contributed by atoms with van der Waals surface area (Å²) in [5.41, 5.74) is 3.12. The molecule has 2 N–H and O–H groups in total. The average Bonchev–Trinajstić information content (AvgIpc) is 3.36. The van der Waals surface area contributed by atoms with Crippen LogP contribution in [0.1, 0.15) is 53.6 Å². The van der Waals surface area contributed by atoms with Crippen molar-refractivity contribution >= 4 is 27.5 Å². The summed E-state index contributed by atoms with van der Waals surface area (Å²) in [7, 11) is -2.12. The number of anilines is 1. The van der Waals surface area contributed by atoms with Gasteiger partial charge in [-0.15, -0.1) is 0 Å². The van der Waals surface area contributed by atoms with E-state index in [4.69, 9.17) is 4.74 Å². The first-order valence-electron chi connectivity index (χ1n) is 12.2. The number of likely N-dealkylation sites (tertiary alicyclic amines) is 1. The van der Waals surface area contributed by atoms with E-state index in [1.165, 1.54) is 5.56 Å². The molecule has 1 fully saturated rings. The number of hydrogen-bond donors (Lipinski definition) is 2. The summed E-state index contributed by atoms with van der Waals surface area (Å²) >= 11 is 0. The van der Waals surface area contributed by atoms with Crippen LogP contribution in [0.5, 0.6) is 0 Å². The Balaban J connectivity index is 1.40. The van der Waals surface area contributed by atoms with Crippen LogP contribution < -0.4 is 10.0 Å². The summed E-state index contributed by atoms with van der Waals surface area (Å²) in [5, 5.41) is 2.88. The molecule has 1 aliphatic carbocycles. The van der Waals surface area contributed by atoms with E-state index in [9.17, 15) is 18.0 Å². The van der Waals surface area contributed by atoms with Gasteiger partial charge in [-0.25, -0.2) is 8.42 Å². The Morgan fingerprint density at radius 3 is 2.51 bits per heavy atom. The van der Waals surface area contributed by atoms with Gasteiger partial charge in [0.15, 0.2) is 0 Å². The Kier molecular flexibility index (Phi) is 8.07. The Labute approximate surface area is 207 Å². The van der Waals surface area contributed by atoms with E-state index < -0.39 is 16.1 Å². The summed E-state index contributed by atoms with van der Waals surface area (Å²) < 4.78 is 33.4. The number of methoxy groups -OCH3 is 1. The zero-order chi connectivity index (χ0) is 24.8. The third-order valence-electron chi connectivity index (χ3n) is 6.66. The number of aryl methyl sites for hydroxylation is 2. The predicted octanol–water partition coefficient (Wildman–Crippen LogP) is 3.12. The minimum absolute atomic E-state index is 0.151. The van der Waals surface area contributed by atoms with E-state index >= 15 is 0 Å². The van der Waals surface area contributed by atoms with Crippen molar-refractivity contribution in [2.45, 2.75) is 55.9 Å².